The van der Waals surface area contributed by atoms with Crippen LogP contribution in [0.1, 0.15) is 17.5 Å². The van der Waals surface area contributed by atoms with Crippen LogP contribution in [0, 0.1) is 0 Å². The molecular formula is C16H17NO3S. The molecule has 2 heterocycles. The van der Waals surface area contributed by atoms with E-state index in [1.807, 2.05) is 23.6 Å². The molecule has 1 aromatic heterocycles. The van der Waals surface area contributed by atoms with Crippen molar-refractivity contribution in [1.29, 1.82) is 0 Å². The lowest BCUT2D eigenvalue weighted by atomic mass is 10.1. The molecule has 2 aromatic rings. The van der Waals surface area contributed by atoms with E-state index in [0.29, 0.717) is 26.2 Å². The maximum atomic E-state index is 11.8. The van der Waals surface area contributed by atoms with Gasteiger partial charge in [0.1, 0.15) is 13.2 Å². The highest BCUT2D eigenvalue weighted by atomic mass is 32.1. The van der Waals surface area contributed by atoms with Gasteiger partial charge in [-0.1, -0.05) is 6.07 Å². The first-order chi connectivity index (χ1) is 10.3. The number of ether oxygens (including phenoxy) is 2. The molecule has 21 heavy (non-hydrogen) atoms. The van der Waals surface area contributed by atoms with Gasteiger partial charge in [-0.2, -0.15) is 11.3 Å². The van der Waals surface area contributed by atoms with E-state index in [1.165, 1.54) is 5.56 Å². The van der Waals surface area contributed by atoms with Gasteiger partial charge < -0.3 is 14.8 Å². The van der Waals surface area contributed by atoms with Crippen molar-refractivity contribution in [2.24, 2.45) is 0 Å². The van der Waals surface area contributed by atoms with Crippen LogP contribution in [0.25, 0.3) is 0 Å². The highest BCUT2D eigenvalue weighted by Gasteiger charge is 2.12. The Morgan fingerprint density at radius 3 is 2.81 bits per heavy atom. The molecule has 1 N–H and O–H groups in total. The van der Waals surface area contributed by atoms with Crippen molar-refractivity contribution in [2.75, 3.05) is 13.2 Å². The van der Waals surface area contributed by atoms with Crippen molar-refractivity contribution in [3.05, 3.63) is 46.2 Å². The summed E-state index contributed by atoms with van der Waals surface area (Å²) < 4.78 is 11.0. The maximum Gasteiger partial charge on any atom is 0.220 e. The molecule has 1 aliphatic heterocycles. The van der Waals surface area contributed by atoms with Gasteiger partial charge in [-0.15, -0.1) is 0 Å². The number of carbonyl (C=O) groups excluding carboxylic acids is 1. The van der Waals surface area contributed by atoms with Gasteiger partial charge in [0.15, 0.2) is 11.5 Å². The Balaban J connectivity index is 1.49. The van der Waals surface area contributed by atoms with Gasteiger partial charge in [-0.3, -0.25) is 4.79 Å². The number of benzene rings is 1. The average Bonchev–Trinajstić information content (AvgIpc) is 3.04. The van der Waals surface area contributed by atoms with Gasteiger partial charge in [-0.25, -0.2) is 0 Å². The molecule has 0 radical (unpaired) electrons. The summed E-state index contributed by atoms with van der Waals surface area (Å²) in [5.74, 6) is 1.59. The summed E-state index contributed by atoms with van der Waals surface area (Å²) in [6, 6.07) is 7.82. The van der Waals surface area contributed by atoms with E-state index in [9.17, 15) is 4.79 Å². The van der Waals surface area contributed by atoms with Crippen molar-refractivity contribution in [3.8, 4) is 11.5 Å². The number of hydrogen-bond donors (Lipinski definition) is 1. The van der Waals surface area contributed by atoms with E-state index in [-0.39, 0.29) is 5.91 Å². The summed E-state index contributed by atoms with van der Waals surface area (Å²) in [7, 11) is 0. The Hall–Kier alpha value is -2.01. The molecule has 1 aliphatic rings. The van der Waals surface area contributed by atoms with Gasteiger partial charge in [0.05, 0.1) is 0 Å². The zero-order chi connectivity index (χ0) is 14.5. The van der Waals surface area contributed by atoms with Crippen LogP contribution in [-0.2, 0) is 17.8 Å². The van der Waals surface area contributed by atoms with Gasteiger partial charge in [0.25, 0.3) is 0 Å². The molecule has 1 amide bonds. The molecule has 0 saturated heterocycles. The Bertz CT molecular complexity index is 610. The second-order valence-corrected chi connectivity index (χ2v) is 5.67. The monoisotopic (exact) mass is 303 g/mol. The quantitative estimate of drug-likeness (QED) is 0.924. The topological polar surface area (TPSA) is 47.6 Å². The average molecular weight is 303 g/mol. The number of rotatable bonds is 5. The summed E-state index contributed by atoms with van der Waals surface area (Å²) in [4.78, 5) is 11.8. The number of carbonyl (C=O) groups is 1. The first kappa shape index (κ1) is 13.9. The second kappa shape index (κ2) is 6.63. The lowest BCUT2D eigenvalue weighted by Crippen LogP contribution is -2.23. The fourth-order valence-corrected chi connectivity index (χ4v) is 2.88. The second-order valence-electron chi connectivity index (χ2n) is 4.89. The van der Waals surface area contributed by atoms with Crippen LogP contribution < -0.4 is 14.8 Å². The molecule has 5 heteroatoms. The zero-order valence-corrected chi connectivity index (χ0v) is 12.4. The SMILES string of the molecule is O=C(CCc1ccsc1)NCc1ccc2c(c1)OCCO2. The molecule has 0 unspecified atom stereocenters. The van der Waals surface area contributed by atoms with E-state index in [4.69, 9.17) is 9.47 Å². The fraction of sp³-hybridized carbons (Fsp3) is 0.312. The Labute approximate surface area is 127 Å². The minimum atomic E-state index is 0.0658. The Morgan fingerprint density at radius 1 is 1.14 bits per heavy atom. The van der Waals surface area contributed by atoms with Crippen molar-refractivity contribution >= 4 is 17.2 Å². The summed E-state index contributed by atoms with van der Waals surface area (Å²) in [5.41, 5.74) is 2.23. The van der Waals surface area contributed by atoms with Crippen molar-refractivity contribution < 1.29 is 14.3 Å². The number of aryl methyl sites for hydroxylation is 1. The van der Waals surface area contributed by atoms with Crippen LogP contribution in [0.2, 0.25) is 0 Å². The van der Waals surface area contributed by atoms with Crippen LogP contribution in [-0.4, -0.2) is 19.1 Å². The van der Waals surface area contributed by atoms with E-state index in [0.717, 1.165) is 23.5 Å². The number of fused-ring (bicyclic) bond motifs is 1. The highest BCUT2D eigenvalue weighted by molar-refractivity contribution is 7.07. The first-order valence-corrected chi connectivity index (χ1v) is 7.92. The predicted molar refractivity (Wildman–Crippen MR) is 81.9 cm³/mol. The van der Waals surface area contributed by atoms with Crippen molar-refractivity contribution in [1.82, 2.24) is 5.32 Å². The van der Waals surface area contributed by atoms with E-state index in [1.54, 1.807) is 11.3 Å². The smallest absolute Gasteiger partial charge is 0.220 e. The van der Waals surface area contributed by atoms with Crippen LogP contribution in [0.5, 0.6) is 11.5 Å². The van der Waals surface area contributed by atoms with Gasteiger partial charge in [-0.05, 0) is 46.5 Å². The minimum absolute atomic E-state index is 0.0658. The lowest BCUT2D eigenvalue weighted by molar-refractivity contribution is -0.121. The number of amides is 1. The van der Waals surface area contributed by atoms with Gasteiger partial charge in [0, 0.05) is 13.0 Å². The predicted octanol–water partition coefficient (Wildman–Crippen LogP) is 2.77. The molecule has 0 saturated carbocycles. The lowest BCUT2D eigenvalue weighted by Gasteiger charge is -2.19. The fourth-order valence-electron chi connectivity index (χ4n) is 2.18. The van der Waals surface area contributed by atoms with E-state index < -0.39 is 0 Å². The third-order valence-electron chi connectivity index (χ3n) is 3.32. The summed E-state index contributed by atoms with van der Waals surface area (Å²) in [5, 5.41) is 7.04. The molecule has 0 bridgehead atoms. The molecule has 110 valence electrons. The maximum absolute atomic E-state index is 11.8. The molecular weight excluding hydrogens is 286 g/mol. The van der Waals surface area contributed by atoms with Crippen LogP contribution in [0.4, 0.5) is 0 Å². The molecule has 1 aromatic carbocycles. The molecule has 4 nitrogen and oxygen atoms in total. The Kier molecular flexibility index (Phi) is 4.40. The summed E-state index contributed by atoms with van der Waals surface area (Å²) >= 11 is 1.66. The normalized spacial score (nSPS) is 13.0. The third-order valence-corrected chi connectivity index (χ3v) is 4.05. The van der Waals surface area contributed by atoms with Crippen molar-refractivity contribution in [3.63, 3.8) is 0 Å². The summed E-state index contributed by atoms with van der Waals surface area (Å²) in [6.45, 7) is 1.67. The van der Waals surface area contributed by atoms with Gasteiger partial charge in [0.2, 0.25) is 5.91 Å². The molecule has 0 aliphatic carbocycles. The largest absolute Gasteiger partial charge is 0.486 e. The standard InChI is InChI=1S/C16H17NO3S/c18-16(4-2-12-5-8-21-11-12)17-10-13-1-3-14-15(9-13)20-7-6-19-14/h1,3,5,8-9,11H,2,4,6-7,10H2,(H,17,18). The van der Waals surface area contributed by atoms with Crippen molar-refractivity contribution in [2.45, 2.75) is 19.4 Å². The third kappa shape index (κ3) is 3.76. The Morgan fingerprint density at radius 2 is 2.00 bits per heavy atom. The number of hydrogen-bond acceptors (Lipinski definition) is 4. The summed E-state index contributed by atoms with van der Waals surface area (Å²) in [6.07, 6.45) is 1.30. The number of thiophene rings is 1. The molecule has 0 spiro atoms. The van der Waals surface area contributed by atoms with E-state index in [2.05, 4.69) is 16.8 Å². The molecule has 3 rings (SSSR count). The van der Waals surface area contributed by atoms with Crippen LogP contribution in [0.15, 0.2) is 35.0 Å². The number of nitrogens with one attached hydrogen (secondary N) is 1. The first-order valence-electron chi connectivity index (χ1n) is 6.97. The van der Waals surface area contributed by atoms with E-state index >= 15 is 0 Å². The minimum Gasteiger partial charge on any atom is -0.486 e. The highest BCUT2D eigenvalue weighted by Crippen LogP contribution is 2.30. The van der Waals surface area contributed by atoms with Crippen LogP contribution in [0.3, 0.4) is 0 Å². The molecule has 0 atom stereocenters. The van der Waals surface area contributed by atoms with Gasteiger partial charge >= 0.3 is 0 Å². The zero-order valence-electron chi connectivity index (χ0n) is 11.6. The van der Waals surface area contributed by atoms with Crippen LogP contribution >= 0.6 is 11.3 Å². The molecule has 0 fully saturated rings.